The molecule has 0 aliphatic carbocycles. The Morgan fingerprint density at radius 2 is 2.29 bits per heavy atom. The molecule has 0 fully saturated rings. The van der Waals surface area contributed by atoms with Crippen molar-refractivity contribution in [2.24, 2.45) is 0 Å². The van der Waals surface area contributed by atoms with Gasteiger partial charge in [0.1, 0.15) is 11.6 Å². The van der Waals surface area contributed by atoms with Crippen molar-refractivity contribution >= 4 is 0 Å². The first kappa shape index (κ1) is 9.65. The summed E-state index contributed by atoms with van der Waals surface area (Å²) >= 11 is 0. The molecule has 1 N–H and O–H groups in total. The Balaban J connectivity index is 2.12. The van der Waals surface area contributed by atoms with Crippen molar-refractivity contribution in [1.29, 1.82) is 0 Å². The Hall–Kier alpha value is -0.900. The van der Waals surface area contributed by atoms with Gasteiger partial charge in [-0.2, -0.15) is 0 Å². The van der Waals surface area contributed by atoms with Gasteiger partial charge < -0.3 is 9.88 Å². The largest absolute Gasteiger partial charge is 0.315 e. The Morgan fingerprint density at radius 3 is 3.14 bits per heavy atom. The molecule has 0 atom stereocenters. The van der Waals surface area contributed by atoms with Gasteiger partial charge in [-0.1, -0.05) is 13.3 Å². The fourth-order valence-electron chi connectivity index (χ4n) is 1.85. The van der Waals surface area contributed by atoms with Crippen molar-refractivity contribution in [2.45, 2.75) is 39.2 Å². The maximum atomic E-state index is 4.26. The van der Waals surface area contributed by atoms with Gasteiger partial charge in [0.15, 0.2) is 0 Å². The molecule has 2 heterocycles. The van der Waals surface area contributed by atoms with E-state index in [4.69, 9.17) is 0 Å². The number of unbranched alkanes of at least 4 members (excludes halogenated alkanes) is 1. The summed E-state index contributed by atoms with van der Waals surface area (Å²) in [6.45, 7) is 5.32. The molecular weight excluding hydrogens is 176 g/mol. The number of nitrogens with zero attached hydrogens (tertiary/aromatic N) is 3. The lowest BCUT2D eigenvalue weighted by molar-refractivity contribution is 0.605. The number of hydrogen-bond acceptors (Lipinski definition) is 3. The zero-order chi connectivity index (χ0) is 9.80. The molecular formula is C10H18N4. The van der Waals surface area contributed by atoms with Gasteiger partial charge in [0.25, 0.3) is 0 Å². The van der Waals surface area contributed by atoms with Crippen LogP contribution in [-0.4, -0.2) is 27.9 Å². The van der Waals surface area contributed by atoms with Crippen molar-refractivity contribution < 1.29 is 0 Å². The molecule has 1 aliphatic rings. The first-order chi connectivity index (χ1) is 6.92. The van der Waals surface area contributed by atoms with Gasteiger partial charge in [-0.05, 0) is 6.42 Å². The minimum Gasteiger partial charge on any atom is -0.315 e. The molecule has 0 spiro atoms. The molecule has 78 valence electrons. The third-order valence-electron chi connectivity index (χ3n) is 2.70. The lowest BCUT2D eigenvalue weighted by Crippen LogP contribution is -2.18. The summed E-state index contributed by atoms with van der Waals surface area (Å²) in [4.78, 5) is 0. The van der Waals surface area contributed by atoms with Crippen LogP contribution in [0.3, 0.4) is 0 Å². The highest BCUT2D eigenvalue weighted by Gasteiger charge is 2.13. The predicted octanol–water partition coefficient (Wildman–Crippen LogP) is 0.766. The van der Waals surface area contributed by atoms with Crippen LogP contribution in [0.25, 0.3) is 0 Å². The predicted molar refractivity (Wildman–Crippen MR) is 55.2 cm³/mol. The second-order valence-electron chi connectivity index (χ2n) is 3.79. The molecule has 0 radical (unpaired) electrons. The highest BCUT2D eigenvalue weighted by molar-refractivity contribution is 4.98. The molecule has 1 aromatic heterocycles. The Bertz CT molecular complexity index is 292. The van der Waals surface area contributed by atoms with Gasteiger partial charge in [0.05, 0.1) is 0 Å². The molecule has 0 saturated carbocycles. The molecule has 1 aliphatic heterocycles. The molecule has 4 nitrogen and oxygen atoms in total. The number of nitrogens with one attached hydrogen (secondary N) is 1. The molecule has 0 saturated heterocycles. The summed E-state index contributed by atoms with van der Waals surface area (Å²) in [6, 6.07) is 0. The minimum atomic E-state index is 1.01. The van der Waals surface area contributed by atoms with Crippen molar-refractivity contribution in [3.8, 4) is 0 Å². The standard InChI is InChI=1S/C10H18N4/c1-2-3-4-9-12-13-10-5-6-11-7-8-14(9)10/h11H,2-8H2,1H3. The monoisotopic (exact) mass is 194 g/mol. The first-order valence-electron chi connectivity index (χ1n) is 5.53. The molecule has 0 amide bonds. The van der Waals surface area contributed by atoms with Gasteiger partial charge in [-0.25, -0.2) is 0 Å². The van der Waals surface area contributed by atoms with Crippen LogP contribution in [0.1, 0.15) is 31.4 Å². The quantitative estimate of drug-likeness (QED) is 0.772. The third kappa shape index (κ3) is 1.95. The number of hydrogen-bond donors (Lipinski definition) is 1. The highest BCUT2D eigenvalue weighted by atomic mass is 15.3. The fraction of sp³-hybridized carbons (Fsp3) is 0.800. The molecule has 1 aromatic rings. The average molecular weight is 194 g/mol. The maximum Gasteiger partial charge on any atom is 0.134 e. The summed E-state index contributed by atoms with van der Waals surface area (Å²) in [5.41, 5.74) is 0. The second kappa shape index (κ2) is 4.55. The van der Waals surface area contributed by atoms with E-state index in [2.05, 4.69) is 27.0 Å². The topological polar surface area (TPSA) is 42.7 Å². The second-order valence-corrected chi connectivity index (χ2v) is 3.79. The molecule has 0 unspecified atom stereocenters. The van der Waals surface area contributed by atoms with Gasteiger partial charge >= 0.3 is 0 Å². The van der Waals surface area contributed by atoms with Gasteiger partial charge in [-0.15, -0.1) is 10.2 Å². The van der Waals surface area contributed by atoms with Gasteiger partial charge in [0, 0.05) is 32.5 Å². The van der Waals surface area contributed by atoms with E-state index in [1.807, 2.05) is 0 Å². The number of fused-ring (bicyclic) bond motifs is 1. The van der Waals surface area contributed by atoms with Gasteiger partial charge in [-0.3, -0.25) is 0 Å². The van der Waals surface area contributed by atoms with E-state index in [0.717, 1.165) is 38.3 Å². The van der Waals surface area contributed by atoms with Crippen molar-refractivity contribution in [3.05, 3.63) is 11.6 Å². The summed E-state index contributed by atoms with van der Waals surface area (Å²) in [5, 5.41) is 11.9. The van der Waals surface area contributed by atoms with E-state index in [0.29, 0.717) is 0 Å². The zero-order valence-corrected chi connectivity index (χ0v) is 8.79. The Morgan fingerprint density at radius 1 is 1.36 bits per heavy atom. The zero-order valence-electron chi connectivity index (χ0n) is 8.79. The van der Waals surface area contributed by atoms with E-state index in [9.17, 15) is 0 Å². The van der Waals surface area contributed by atoms with Crippen LogP contribution in [0.15, 0.2) is 0 Å². The summed E-state index contributed by atoms with van der Waals surface area (Å²) in [7, 11) is 0. The molecule has 0 bridgehead atoms. The summed E-state index contributed by atoms with van der Waals surface area (Å²) in [5.74, 6) is 2.33. The van der Waals surface area contributed by atoms with Gasteiger partial charge in [0.2, 0.25) is 0 Å². The van der Waals surface area contributed by atoms with E-state index in [1.165, 1.54) is 18.7 Å². The fourth-order valence-corrected chi connectivity index (χ4v) is 1.85. The summed E-state index contributed by atoms with van der Waals surface area (Å²) < 4.78 is 2.29. The van der Waals surface area contributed by atoms with Crippen LogP contribution in [0.2, 0.25) is 0 Å². The van der Waals surface area contributed by atoms with Crippen LogP contribution in [0, 0.1) is 0 Å². The smallest absolute Gasteiger partial charge is 0.134 e. The van der Waals surface area contributed by atoms with Crippen LogP contribution >= 0.6 is 0 Å². The van der Waals surface area contributed by atoms with Crippen LogP contribution < -0.4 is 5.32 Å². The normalized spacial score (nSPS) is 16.4. The van der Waals surface area contributed by atoms with E-state index in [1.54, 1.807) is 0 Å². The molecule has 4 heteroatoms. The Labute approximate surface area is 84.7 Å². The van der Waals surface area contributed by atoms with Crippen molar-refractivity contribution in [2.75, 3.05) is 13.1 Å². The number of aromatic nitrogens is 3. The number of rotatable bonds is 3. The Kier molecular flexibility index (Phi) is 3.14. The highest BCUT2D eigenvalue weighted by Crippen LogP contribution is 2.08. The average Bonchev–Trinajstić information content (AvgIpc) is 2.45. The summed E-state index contributed by atoms with van der Waals surface area (Å²) in [6.07, 6.45) is 4.52. The molecule has 2 rings (SSSR count). The van der Waals surface area contributed by atoms with Crippen LogP contribution in [0.5, 0.6) is 0 Å². The maximum absolute atomic E-state index is 4.26. The molecule has 0 aromatic carbocycles. The van der Waals surface area contributed by atoms with E-state index >= 15 is 0 Å². The van der Waals surface area contributed by atoms with Crippen LogP contribution in [0.4, 0.5) is 0 Å². The lowest BCUT2D eigenvalue weighted by atomic mass is 10.2. The number of aryl methyl sites for hydroxylation is 1. The lowest BCUT2D eigenvalue weighted by Gasteiger charge is -2.05. The first-order valence-corrected chi connectivity index (χ1v) is 5.53. The third-order valence-corrected chi connectivity index (χ3v) is 2.70. The van der Waals surface area contributed by atoms with Crippen LogP contribution in [-0.2, 0) is 19.4 Å². The minimum absolute atomic E-state index is 1.01. The molecule has 14 heavy (non-hydrogen) atoms. The van der Waals surface area contributed by atoms with Crippen molar-refractivity contribution in [3.63, 3.8) is 0 Å². The van der Waals surface area contributed by atoms with Crippen molar-refractivity contribution in [1.82, 2.24) is 20.1 Å². The van der Waals surface area contributed by atoms with E-state index in [-0.39, 0.29) is 0 Å². The van der Waals surface area contributed by atoms with E-state index < -0.39 is 0 Å². The SMILES string of the molecule is CCCCc1nnc2n1CCNCC2.